The van der Waals surface area contributed by atoms with E-state index in [0.29, 0.717) is 38.3 Å². The Kier molecular flexibility index (Phi) is 4.26. The van der Waals surface area contributed by atoms with Gasteiger partial charge in [-0.05, 0) is 30.2 Å². The van der Waals surface area contributed by atoms with Gasteiger partial charge < -0.3 is 4.90 Å². The second-order valence-corrected chi connectivity index (χ2v) is 8.28. The van der Waals surface area contributed by atoms with E-state index in [-0.39, 0.29) is 6.04 Å². The SMILES string of the molecule is N#CN1CC[C@H](N2CCN(c3cccc(-c4cccnc4)c3)S2(=O)=O)C1. The third-order valence-electron chi connectivity index (χ3n) is 4.94. The number of nitrogens with zero attached hydrogens (tertiary/aromatic N) is 5. The van der Waals surface area contributed by atoms with Crippen LogP contribution in [0, 0.1) is 11.5 Å². The minimum Gasteiger partial charge on any atom is -0.309 e. The van der Waals surface area contributed by atoms with Crippen LogP contribution in [0.3, 0.4) is 0 Å². The molecule has 0 amide bonds. The Balaban J connectivity index is 1.61. The predicted molar refractivity (Wildman–Crippen MR) is 98.2 cm³/mol. The summed E-state index contributed by atoms with van der Waals surface area (Å²) in [5, 5.41) is 9.02. The summed E-state index contributed by atoms with van der Waals surface area (Å²) in [5.74, 6) is 0. The molecule has 0 bridgehead atoms. The number of pyridine rings is 1. The van der Waals surface area contributed by atoms with Crippen LogP contribution in [0.4, 0.5) is 5.69 Å². The Bertz CT molecular complexity index is 942. The van der Waals surface area contributed by atoms with Gasteiger partial charge in [0.15, 0.2) is 6.19 Å². The van der Waals surface area contributed by atoms with Gasteiger partial charge in [0.25, 0.3) is 0 Å². The fraction of sp³-hybridized carbons (Fsp3) is 0.333. The molecule has 2 aliphatic heterocycles. The van der Waals surface area contributed by atoms with E-state index in [1.54, 1.807) is 21.6 Å². The third-order valence-corrected chi connectivity index (χ3v) is 6.96. The molecule has 1 atom stereocenters. The van der Waals surface area contributed by atoms with Gasteiger partial charge in [-0.3, -0.25) is 9.29 Å². The molecule has 0 radical (unpaired) electrons. The van der Waals surface area contributed by atoms with E-state index in [9.17, 15) is 8.42 Å². The number of anilines is 1. The normalized spacial score (nSPS) is 22.5. The lowest BCUT2D eigenvalue weighted by atomic mass is 10.1. The zero-order valence-electron chi connectivity index (χ0n) is 14.2. The molecular formula is C18H19N5O2S. The average Bonchev–Trinajstić information content (AvgIpc) is 3.26. The van der Waals surface area contributed by atoms with Gasteiger partial charge in [0.2, 0.25) is 0 Å². The van der Waals surface area contributed by atoms with E-state index < -0.39 is 10.2 Å². The highest BCUT2D eigenvalue weighted by Gasteiger charge is 2.43. The lowest BCUT2D eigenvalue weighted by Crippen LogP contribution is -2.41. The zero-order valence-corrected chi connectivity index (χ0v) is 15.0. The Labute approximate surface area is 153 Å². The molecule has 4 rings (SSSR count). The minimum atomic E-state index is -3.58. The van der Waals surface area contributed by atoms with Gasteiger partial charge in [-0.2, -0.15) is 18.0 Å². The summed E-state index contributed by atoms with van der Waals surface area (Å²) in [7, 11) is -3.58. The number of nitriles is 1. The standard InChI is InChI=1S/C18H19N5O2S/c19-14-21-8-6-18(13-21)23-10-9-22(26(23,24)25)17-5-1-3-15(11-17)16-4-2-7-20-12-16/h1-5,7,11-12,18H,6,8-10,13H2/t18-/m0/s1. The van der Waals surface area contributed by atoms with Gasteiger partial charge >= 0.3 is 10.2 Å². The largest absolute Gasteiger partial charge is 0.309 e. The topological polar surface area (TPSA) is 80.5 Å². The van der Waals surface area contributed by atoms with Crippen molar-refractivity contribution in [3.05, 3.63) is 48.8 Å². The van der Waals surface area contributed by atoms with Gasteiger partial charge in [-0.25, -0.2) is 0 Å². The van der Waals surface area contributed by atoms with Crippen LogP contribution in [0.2, 0.25) is 0 Å². The molecule has 0 saturated carbocycles. The van der Waals surface area contributed by atoms with Crippen LogP contribution in [0.5, 0.6) is 0 Å². The predicted octanol–water partition coefficient (Wildman–Crippen LogP) is 1.67. The summed E-state index contributed by atoms with van der Waals surface area (Å²) in [5.41, 5.74) is 2.54. The number of benzene rings is 1. The number of hydrogen-bond acceptors (Lipinski definition) is 5. The highest BCUT2D eigenvalue weighted by Crippen LogP contribution is 2.31. The molecule has 134 valence electrons. The van der Waals surface area contributed by atoms with Gasteiger partial charge in [0.05, 0.1) is 5.69 Å². The highest BCUT2D eigenvalue weighted by molar-refractivity contribution is 7.90. The van der Waals surface area contributed by atoms with Crippen molar-refractivity contribution in [1.82, 2.24) is 14.2 Å². The molecule has 2 aromatic rings. The molecule has 1 aromatic carbocycles. The van der Waals surface area contributed by atoms with E-state index >= 15 is 0 Å². The maximum absolute atomic E-state index is 13.1. The van der Waals surface area contributed by atoms with E-state index in [1.165, 1.54) is 4.31 Å². The summed E-state index contributed by atoms with van der Waals surface area (Å²) in [6, 6.07) is 11.2. The Morgan fingerprint density at radius 1 is 1.12 bits per heavy atom. The van der Waals surface area contributed by atoms with Crippen LogP contribution in [0.15, 0.2) is 48.8 Å². The Hall–Kier alpha value is -2.63. The van der Waals surface area contributed by atoms with Crippen molar-refractivity contribution in [3.8, 4) is 17.3 Å². The lowest BCUT2D eigenvalue weighted by Gasteiger charge is -2.24. The molecule has 0 N–H and O–H groups in total. The van der Waals surface area contributed by atoms with E-state index in [2.05, 4.69) is 11.2 Å². The molecule has 7 nitrogen and oxygen atoms in total. The van der Waals surface area contributed by atoms with Crippen molar-refractivity contribution >= 4 is 15.9 Å². The fourth-order valence-electron chi connectivity index (χ4n) is 3.62. The quantitative estimate of drug-likeness (QED) is 0.769. The van der Waals surface area contributed by atoms with Crippen LogP contribution in [0.1, 0.15) is 6.42 Å². The smallest absolute Gasteiger partial charge is 0.304 e. The summed E-state index contributed by atoms with van der Waals surface area (Å²) >= 11 is 0. The molecular weight excluding hydrogens is 350 g/mol. The van der Waals surface area contributed by atoms with E-state index in [4.69, 9.17) is 5.26 Å². The Morgan fingerprint density at radius 2 is 1.96 bits per heavy atom. The van der Waals surface area contributed by atoms with Gasteiger partial charge in [-0.15, -0.1) is 0 Å². The summed E-state index contributed by atoms with van der Waals surface area (Å²) in [6.07, 6.45) is 6.27. The van der Waals surface area contributed by atoms with E-state index in [0.717, 1.165) is 11.1 Å². The molecule has 2 saturated heterocycles. The van der Waals surface area contributed by atoms with Gasteiger partial charge in [0, 0.05) is 50.2 Å². The number of rotatable bonds is 3. The average molecular weight is 369 g/mol. The molecule has 2 aliphatic rings. The first-order valence-electron chi connectivity index (χ1n) is 8.54. The summed E-state index contributed by atoms with van der Waals surface area (Å²) in [6.45, 7) is 1.95. The van der Waals surface area contributed by atoms with Crippen molar-refractivity contribution in [2.75, 3.05) is 30.5 Å². The van der Waals surface area contributed by atoms with Crippen LogP contribution in [0.25, 0.3) is 11.1 Å². The number of aromatic nitrogens is 1. The first kappa shape index (κ1) is 16.8. The van der Waals surface area contributed by atoms with Crippen LogP contribution >= 0.6 is 0 Å². The third kappa shape index (κ3) is 2.89. The fourth-order valence-corrected chi connectivity index (χ4v) is 5.43. The number of likely N-dealkylation sites (tertiary alicyclic amines) is 1. The molecule has 1 aromatic heterocycles. The molecule has 0 aliphatic carbocycles. The van der Waals surface area contributed by atoms with Crippen molar-refractivity contribution in [3.63, 3.8) is 0 Å². The summed E-state index contributed by atoms with van der Waals surface area (Å²) in [4.78, 5) is 5.74. The minimum absolute atomic E-state index is 0.133. The van der Waals surface area contributed by atoms with Crippen molar-refractivity contribution < 1.29 is 8.42 Å². The zero-order chi connectivity index (χ0) is 18.1. The lowest BCUT2D eigenvalue weighted by molar-refractivity contribution is 0.345. The molecule has 26 heavy (non-hydrogen) atoms. The second kappa shape index (κ2) is 6.59. The van der Waals surface area contributed by atoms with Crippen molar-refractivity contribution in [2.45, 2.75) is 12.5 Å². The van der Waals surface area contributed by atoms with Crippen LogP contribution in [-0.2, 0) is 10.2 Å². The highest BCUT2D eigenvalue weighted by atomic mass is 32.2. The monoisotopic (exact) mass is 369 g/mol. The van der Waals surface area contributed by atoms with Gasteiger partial charge in [-0.1, -0.05) is 18.2 Å². The second-order valence-electron chi connectivity index (χ2n) is 6.47. The van der Waals surface area contributed by atoms with Gasteiger partial charge in [0.1, 0.15) is 0 Å². The van der Waals surface area contributed by atoms with Crippen molar-refractivity contribution in [2.24, 2.45) is 0 Å². The summed E-state index contributed by atoms with van der Waals surface area (Å²) < 4.78 is 29.1. The van der Waals surface area contributed by atoms with Crippen LogP contribution < -0.4 is 4.31 Å². The first-order chi connectivity index (χ1) is 12.6. The first-order valence-corrected chi connectivity index (χ1v) is 9.94. The van der Waals surface area contributed by atoms with E-state index in [1.807, 2.05) is 36.4 Å². The molecule has 0 spiro atoms. The molecule has 0 unspecified atom stereocenters. The maximum Gasteiger partial charge on any atom is 0.304 e. The molecule has 2 fully saturated rings. The molecule has 8 heteroatoms. The molecule has 3 heterocycles. The number of hydrogen-bond donors (Lipinski definition) is 0. The van der Waals surface area contributed by atoms with Crippen molar-refractivity contribution in [1.29, 1.82) is 5.26 Å². The van der Waals surface area contributed by atoms with Crippen LogP contribution in [-0.4, -0.2) is 54.8 Å². The Morgan fingerprint density at radius 3 is 2.69 bits per heavy atom. The maximum atomic E-state index is 13.1.